The van der Waals surface area contributed by atoms with Crippen molar-refractivity contribution in [1.29, 1.82) is 0 Å². The molecule has 21 heavy (non-hydrogen) atoms. The van der Waals surface area contributed by atoms with Crippen LogP contribution in [0.5, 0.6) is 0 Å². The lowest BCUT2D eigenvalue weighted by Gasteiger charge is -2.10. The maximum absolute atomic E-state index is 11.3. The summed E-state index contributed by atoms with van der Waals surface area (Å²) >= 11 is 0. The van der Waals surface area contributed by atoms with Crippen molar-refractivity contribution >= 4 is 12.1 Å². The Morgan fingerprint density at radius 1 is 1.52 bits per heavy atom. The van der Waals surface area contributed by atoms with Crippen molar-refractivity contribution in [2.45, 2.75) is 12.6 Å². The topological polar surface area (TPSA) is 119 Å². The van der Waals surface area contributed by atoms with Crippen LogP contribution in [0.1, 0.15) is 10.5 Å². The molecule has 0 bridgehead atoms. The van der Waals surface area contributed by atoms with Crippen molar-refractivity contribution in [3.8, 4) is 11.4 Å². The zero-order chi connectivity index (χ0) is 14.8. The maximum Gasteiger partial charge on any atom is 0.407 e. The molecule has 1 saturated heterocycles. The number of rotatable bonds is 4. The number of carboxylic acids is 1. The molecule has 9 nitrogen and oxygen atoms in total. The first-order chi connectivity index (χ1) is 10.1. The third-order valence-corrected chi connectivity index (χ3v) is 2.97. The number of alkyl carbamates (subject to hydrolysis) is 1. The molecule has 2 aromatic heterocycles. The summed E-state index contributed by atoms with van der Waals surface area (Å²) in [6.45, 7) is 0.535. The first-order valence-corrected chi connectivity index (χ1v) is 6.18. The fourth-order valence-corrected chi connectivity index (χ4v) is 2.07. The van der Waals surface area contributed by atoms with Gasteiger partial charge in [-0.3, -0.25) is 4.98 Å². The Morgan fingerprint density at radius 2 is 2.38 bits per heavy atom. The van der Waals surface area contributed by atoms with E-state index in [4.69, 9.17) is 4.74 Å². The molecule has 1 aliphatic heterocycles. The van der Waals surface area contributed by atoms with Crippen LogP contribution in [0.25, 0.3) is 11.4 Å². The van der Waals surface area contributed by atoms with Gasteiger partial charge < -0.3 is 15.2 Å². The Balaban J connectivity index is 1.97. The van der Waals surface area contributed by atoms with Gasteiger partial charge in [-0.25, -0.2) is 14.3 Å². The van der Waals surface area contributed by atoms with Gasteiger partial charge in [0.1, 0.15) is 11.8 Å². The summed E-state index contributed by atoms with van der Waals surface area (Å²) in [5.74, 6) is -1.19. The lowest BCUT2D eigenvalue weighted by atomic mass is 10.2. The normalized spacial score (nSPS) is 17.3. The first kappa shape index (κ1) is 13.0. The Morgan fingerprint density at radius 3 is 3.00 bits per heavy atom. The predicted octanol–water partition coefficient (Wildman–Crippen LogP) is 0.147. The van der Waals surface area contributed by atoms with E-state index in [1.54, 1.807) is 24.4 Å². The van der Waals surface area contributed by atoms with Gasteiger partial charge in [-0.15, -0.1) is 5.10 Å². The van der Waals surface area contributed by atoms with E-state index < -0.39 is 18.2 Å². The van der Waals surface area contributed by atoms with Crippen LogP contribution in [-0.2, 0) is 11.3 Å². The molecule has 0 radical (unpaired) electrons. The number of aromatic nitrogens is 4. The fraction of sp³-hybridized carbons (Fsp3) is 0.250. The van der Waals surface area contributed by atoms with Crippen LogP contribution in [0.15, 0.2) is 24.4 Å². The number of aromatic carboxylic acids is 1. The smallest absolute Gasteiger partial charge is 0.407 e. The fourth-order valence-electron chi connectivity index (χ4n) is 2.07. The minimum absolute atomic E-state index is 0.189. The molecule has 1 fully saturated rings. The Labute approximate surface area is 118 Å². The highest BCUT2D eigenvalue weighted by molar-refractivity contribution is 5.92. The number of hydrogen-bond donors (Lipinski definition) is 2. The molecule has 1 atom stereocenters. The van der Waals surface area contributed by atoms with Gasteiger partial charge in [0.05, 0.1) is 18.8 Å². The summed E-state index contributed by atoms with van der Waals surface area (Å²) in [6.07, 6.45) is 0.622. The van der Waals surface area contributed by atoms with Crippen molar-refractivity contribution in [3.05, 3.63) is 30.1 Å². The molecule has 0 spiro atoms. The molecule has 2 aromatic rings. The number of carbonyl (C=O) groups is 2. The molecular formula is C12H11N5O4. The number of ether oxygens (including phenoxy) is 1. The van der Waals surface area contributed by atoms with E-state index in [2.05, 4.69) is 20.6 Å². The largest absolute Gasteiger partial charge is 0.476 e. The number of amides is 1. The monoisotopic (exact) mass is 289 g/mol. The molecule has 1 aliphatic rings. The molecule has 3 heterocycles. The van der Waals surface area contributed by atoms with E-state index in [0.29, 0.717) is 12.2 Å². The van der Waals surface area contributed by atoms with Crippen LogP contribution in [0, 0.1) is 0 Å². The number of carbonyl (C=O) groups excluding carboxylic acids is 1. The molecule has 1 amide bonds. The molecular weight excluding hydrogens is 278 g/mol. The Kier molecular flexibility index (Phi) is 3.22. The highest BCUT2D eigenvalue weighted by atomic mass is 16.6. The van der Waals surface area contributed by atoms with Crippen LogP contribution in [0.3, 0.4) is 0 Å². The number of cyclic esters (lactones) is 1. The zero-order valence-corrected chi connectivity index (χ0v) is 10.8. The Hall–Kier alpha value is -2.97. The van der Waals surface area contributed by atoms with Crippen LogP contribution in [-0.4, -0.2) is 49.8 Å². The summed E-state index contributed by atoms with van der Waals surface area (Å²) < 4.78 is 6.41. The first-order valence-electron chi connectivity index (χ1n) is 6.18. The van der Waals surface area contributed by atoms with Crippen molar-refractivity contribution in [2.24, 2.45) is 0 Å². The second-order valence-corrected chi connectivity index (χ2v) is 4.40. The van der Waals surface area contributed by atoms with Crippen LogP contribution < -0.4 is 5.32 Å². The highest BCUT2D eigenvalue weighted by Crippen LogP contribution is 2.20. The molecule has 1 unspecified atom stereocenters. The Bertz CT molecular complexity index is 684. The number of carboxylic acid groups (broad SMARTS) is 1. The van der Waals surface area contributed by atoms with Crippen molar-refractivity contribution in [3.63, 3.8) is 0 Å². The van der Waals surface area contributed by atoms with Gasteiger partial charge in [-0.2, -0.15) is 0 Å². The third-order valence-electron chi connectivity index (χ3n) is 2.97. The zero-order valence-electron chi connectivity index (χ0n) is 10.8. The summed E-state index contributed by atoms with van der Waals surface area (Å²) in [5.41, 5.74) is 0.536. The summed E-state index contributed by atoms with van der Waals surface area (Å²) in [4.78, 5) is 26.4. The van der Waals surface area contributed by atoms with Gasteiger partial charge in [0.2, 0.25) is 0 Å². The van der Waals surface area contributed by atoms with Gasteiger partial charge in [0.15, 0.2) is 5.69 Å². The van der Waals surface area contributed by atoms with Gasteiger partial charge >= 0.3 is 12.1 Å². The molecule has 9 heteroatoms. The SMILES string of the molecule is O=C1NCC(Cn2nnc(C(=O)O)c2-c2ccccn2)O1. The standard InChI is InChI=1S/C12H11N5O4/c18-11(19)9-10(8-3-1-2-4-13-8)17(16-15-9)6-7-5-14-12(20)21-7/h1-4,7H,5-6H2,(H,14,20)(H,18,19). The van der Waals surface area contributed by atoms with Crippen LogP contribution in [0.4, 0.5) is 4.79 Å². The summed E-state index contributed by atoms with van der Waals surface area (Å²) in [7, 11) is 0. The molecule has 3 rings (SSSR count). The molecule has 108 valence electrons. The molecule has 2 N–H and O–H groups in total. The lowest BCUT2D eigenvalue weighted by molar-refractivity contribution is 0.0691. The van der Waals surface area contributed by atoms with Crippen molar-refractivity contribution in [1.82, 2.24) is 25.3 Å². The van der Waals surface area contributed by atoms with Gasteiger partial charge in [-0.1, -0.05) is 11.3 Å². The minimum Gasteiger partial charge on any atom is -0.476 e. The van der Waals surface area contributed by atoms with E-state index in [0.717, 1.165) is 0 Å². The second kappa shape index (κ2) is 5.19. The van der Waals surface area contributed by atoms with E-state index in [1.165, 1.54) is 4.68 Å². The predicted molar refractivity (Wildman–Crippen MR) is 68.5 cm³/mol. The number of hydrogen-bond acceptors (Lipinski definition) is 6. The summed E-state index contributed by atoms with van der Waals surface area (Å²) in [5, 5.41) is 19.2. The maximum atomic E-state index is 11.3. The molecule has 0 aliphatic carbocycles. The van der Waals surface area contributed by atoms with E-state index in [9.17, 15) is 14.7 Å². The van der Waals surface area contributed by atoms with Crippen LogP contribution >= 0.6 is 0 Å². The van der Waals surface area contributed by atoms with E-state index in [-0.39, 0.29) is 17.9 Å². The number of nitrogens with zero attached hydrogens (tertiary/aromatic N) is 4. The van der Waals surface area contributed by atoms with Crippen LogP contribution in [0.2, 0.25) is 0 Å². The number of pyridine rings is 1. The third kappa shape index (κ3) is 2.53. The van der Waals surface area contributed by atoms with E-state index >= 15 is 0 Å². The molecule has 0 aromatic carbocycles. The lowest BCUT2D eigenvalue weighted by Crippen LogP contribution is -2.22. The van der Waals surface area contributed by atoms with Crippen molar-refractivity contribution < 1.29 is 19.4 Å². The average Bonchev–Trinajstić information content (AvgIpc) is 3.07. The number of nitrogens with one attached hydrogen (secondary N) is 1. The van der Waals surface area contributed by atoms with Crippen molar-refractivity contribution in [2.75, 3.05) is 6.54 Å². The second-order valence-electron chi connectivity index (χ2n) is 4.40. The van der Waals surface area contributed by atoms with E-state index in [1.807, 2.05) is 0 Å². The van der Waals surface area contributed by atoms with Gasteiger partial charge in [0, 0.05) is 6.20 Å². The van der Waals surface area contributed by atoms with Gasteiger partial charge in [0.25, 0.3) is 0 Å². The molecule has 0 saturated carbocycles. The summed E-state index contributed by atoms with van der Waals surface area (Å²) in [6, 6.07) is 5.13. The average molecular weight is 289 g/mol. The van der Waals surface area contributed by atoms with Gasteiger partial charge in [-0.05, 0) is 12.1 Å². The highest BCUT2D eigenvalue weighted by Gasteiger charge is 2.27. The quantitative estimate of drug-likeness (QED) is 0.821. The minimum atomic E-state index is -1.19.